The summed E-state index contributed by atoms with van der Waals surface area (Å²) in [5.41, 5.74) is 1.29. The van der Waals surface area contributed by atoms with Crippen molar-refractivity contribution in [1.82, 2.24) is 19.3 Å². The highest BCUT2D eigenvalue weighted by Gasteiger charge is 2.58. The number of ketones is 1. The normalized spacial score (nSPS) is 21.6. The molecular weight excluding hydrogens is 580 g/mol. The number of halogens is 5. The molecule has 0 N–H and O–H groups in total. The van der Waals surface area contributed by atoms with Gasteiger partial charge in [0.1, 0.15) is 5.82 Å². The molecule has 0 radical (unpaired) electrons. The second kappa shape index (κ2) is 9.52. The molecule has 2 aliphatic heterocycles. The topological polar surface area (TPSA) is 93.1 Å². The monoisotopic (exact) mass is 598 g/mol. The number of carbonyl (C=O) groups is 1. The quantitative estimate of drug-likeness (QED) is 0.362. The Morgan fingerprint density at radius 1 is 1.05 bits per heavy atom. The average molecular weight is 599 g/mol. The molecule has 2 bridgehead atoms. The molecule has 0 spiro atoms. The molecule has 3 fully saturated rings. The summed E-state index contributed by atoms with van der Waals surface area (Å²) >= 11 is 3.38. The molecule has 194 valence electrons. The smallest absolute Gasteiger partial charge is 0.298 e. The van der Waals surface area contributed by atoms with Crippen LogP contribution in [0.5, 0.6) is 0 Å². The molecule has 7 nitrogen and oxygen atoms in total. The van der Waals surface area contributed by atoms with Gasteiger partial charge < -0.3 is 0 Å². The van der Waals surface area contributed by atoms with Crippen LogP contribution in [0.3, 0.4) is 0 Å². The number of hydrogen-bond acceptors (Lipinski definition) is 6. The molecule has 3 aromatic rings. The van der Waals surface area contributed by atoms with Crippen LogP contribution in [-0.2, 0) is 27.4 Å². The van der Waals surface area contributed by atoms with E-state index in [1.807, 2.05) is 0 Å². The van der Waals surface area contributed by atoms with Crippen LogP contribution in [0.4, 0.5) is 17.6 Å². The Kier molecular flexibility index (Phi) is 6.65. The number of benzene rings is 1. The first-order valence-corrected chi connectivity index (χ1v) is 13.5. The lowest BCUT2D eigenvalue weighted by Crippen LogP contribution is -2.41. The van der Waals surface area contributed by atoms with Gasteiger partial charge in [0.05, 0.1) is 16.6 Å². The third-order valence-electron chi connectivity index (χ3n) is 6.73. The van der Waals surface area contributed by atoms with Crippen molar-refractivity contribution in [2.45, 2.75) is 48.8 Å². The van der Waals surface area contributed by atoms with Crippen LogP contribution < -0.4 is 0 Å². The fourth-order valence-corrected chi connectivity index (χ4v) is 7.14. The Hall–Kier alpha value is -2.77. The Bertz CT molecular complexity index is 1440. The van der Waals surface area contributed by atoms with Gasteiger partial charge in [-0.25, -0.2) is 22.8 Å². The van der Waals surface area contributed by atoms with Gasteiger partial charge in [-0.1, -0.05) is 0 Å². The minimum Gasteiger partial charge on any atom is -0.298 e. The maximum Gasteiger partial charge on any atom is 0.451 e. The lowest BCUT2D eigenvalue weighted by molar-refractivity contribution is -0.145. The first kappa shape index (κ1) is 25.9. The van der Waals surface area contributed by atoms with E-state index < -0.39 is 33.9 Å². The minimum atomic E-state index is -4.66. The van der Waals surface area contributed by atoms with Gasteiger partial charge in [0.2, 0.25) is 15.8 Å². The maximum absolute atomic E-state index is 13.3. The molecule has 1 atom stereocenters. The molecule has 0 amide bonds. The molecule has 3 aliphatic rings. The number of Topliss-reactive ketones (excluding diaryl/α,β-unsaturated/α-hetero) is 1. The summed E-state index contributed by atoms with van der Waals surface area (Å²) in [5.74, 6) is -2.09. The Morgan fingerprint density at radius 2 is 1.70 bits per heavy atom. The van der Waals surface area contributed by atoms with E-state index in [2.05, 4.69) is 30.9 Å². The van der Waals surface area contributed by atoms with Crippen molar-refractivity contribution < 1.29 is 30.8 Å². The standard InChI is InChI=1S/C24H19BrF4N4O3S/c25-19-12-30-20(15-10-31-23(32-11-15)24(27,28)29)9-13(19)1-6-21(34)22-14-7-17(8-14)33(22)37(35,36)18-4-2-16(26)3-5-18/h2-5,9-12,14,17,22H,1,6-8H2/t14?,17?,22-/m0/s1. The van der Waals surface area contributed by atoms with Gasteiger partial charge in [-0.05, 0) is 77.0 Å². The van der Waals surface area contributed by atoms with Gasteiger partial charge in [0.25, 0.3) is 0 Å². The summed E-state index contributed by atoms with van der Waals surface area (Å²) < 4.78 is 80.0. The number of alkyl halides is 3. The van der Waals surface area contributed by atoms with Gasteiger partial charge in [-0.3, -0.25) is 9.78 Å². The predicted molar refractivity (Wildman–Crippen MR) is 127 cm³/mol. The number of aryl methyl sites for hydroxylation is 1. The Balaban J connectivity index is 1.32. The molecule has 2 saturated heterocycles. The van der Waals surface area contributed by atoms with Crippen LogP contribution in [-0.4, -0.2) is 45.5 Å². The summed E-state index contributed by atoms with van der Waals surface area (Å²) in [4.78, 5) is 24.1. The molecule has 0 unspecified atom stereocenters. The molecule has 1 aliphatic carbocycles. The Morgan fingerprint density at radius 3 is 2.32 bits per heavy atom. The van der Waals surface area contributed by atoms with Crippen molar-refractivity contribution >= 4 is 31.7 Å². The highest BCUT2D eigenvalue weighted by Crippen LogP contribution is 2.49. The van der Waals surface area contributed by atoms with Crippen molar-refractivity contribution in [2.24, 2.45) is 5.92 Å². The molecule has 13 heteroatoms. The number of nitrogens with zero attached hydrogens (tertiary/aromatic N) is 4. The summed E-state index contributed by atoms with van der Waals surface area (Å²) in [7, 11) is -3.97. The largest absolute Gasteiger partial charge is 0.451 e. The predicted octanol–water partition coefficient (Wildman–Crippen LogP) is 4.81. The van der Waals surface area contributed by atoms with E-state index >= 15 is 0 Å². The zero-order valence-electron chi connectivity index (χ0n) is 19.0. The molecule has 4 heterocycles. The SMILES string of the molecule is O=C(CCc1cc(-c2cnc(C(F)(F)F)nc2)ncc1Br)[C@@H]1C2CC(C2)N1S(=O)(=O)c1ccc(F)cc1. The van der Waals surface area contributed by atoms with Crippen molar-refractivity contribution in [3.05, 3.63) is 70.6 Å². The van der Waals surface area contributed by atoms with Crippen LogP contribution in [0.2, 0.25) is 0 Å². The highest BCUT2D eigenvalue weighted by atomic mass is 79.9. The maximum atomic E-state index is 13.3. The molecule has 1 aromatic carbocycles. The van der Waals surface area contributed by atoms with E-state index in [-0.39, 0.29) is 41.0 Å². The minimum absolute atomic E-state index is 0.0505. The van der Waals surface area contributed by atoms with Crippen LogP contribution >= 0.6 is 15.9 Å². The lowest BCUT2D eigenvalue weighted by Gasteiger charge is -2.25. The zero-order chi connectivity index (χ0) is 26.5. The van der Waals surface area contributed by atoms with Gasteiger partial charge in [-0.15, -0.1) is 0 Å². The van der Waals surface area contributed by atoms with Crippen LogP contribution in [0.25, 0.3) is 11.3 Å². The molecule has 37 heavy (non-hydrogen) atoms. The first-order valence-electron chi connectivity index (χ1n) is 11.3. The van der Waals surface area contributed by atoms with Gasteiger partial charge in [0.15, 0.2) is 5.78 Å². The number of fused-ring (bicyclic) bond motifs is 1. The molecule has 2 aromatic heterocycles. The van der Waals surface area contributed by atoms with E-state index in [4.69, 9.17) is 0 Å². The molecular formula is C24H19BrF4N4O3S. The first-order chi connectivity index (χ1) is 17.4. The number of rotatable bonds is 7. The number of carbonyl (C=O) groups excluding carboxylic acids is 1. The third kappa shape index (κ3) is 4.91. The summed E-state index contributed by atoms with van der Waals surface area (Å²) in [6, 6.07) is 5.13. The summed E-state index contributed by atoms with van der Waals surface area (Å²) in [6.07, 6.45) is 0.405. The third-order valence-corrected chi connectivity index (χ3v) is 9.39. The van der Waals surface area contributed by atoms with E-state index in [9.17, 15) is 30.8 Å². The fraction of sp³-hybridized carbons (Fsp3) is 0.333. The fourth-order valence-electron chi connectivity index (χ4n) is 4.85. The second-order valence-electron chi connectivity index (χ2n) is 9.04. The summed E-state index contributed by atoms with van der Waals surface area (Å²) in [6.45, 7) is 0. The van der Waals surface area contributed by atoms with Crippen LogP contribution in [0.15, 0.2) is 58.3 Å². The number of hydrogen-bond donors (Lipinski definition) is 0. The van der Waals surface area contributed by atoms with Crippen molar-refractivity contribution in [3.8, 4) is 11.3 Å². The second-order valence-corrected chi connectivity index (χ2v) is 11.7. The highest BCUT2D eigenvalue weighted by molar-refractivity contribution is 9.10. The van der Waals surface area contributed by atoms with E-state index in [0.29, 0.717) is 28.6 Å². The van der Waals surface area contributed by atoms with E-state index in [0.717, 1.165) is 24.5 Å². The zero-order valence-corrected chi connectivity index (χ0v) is 21.4. The van der Waals surface area contributed by atoms with Crippen LogP contribution in [0, 0.1) is 11.7 Å². The van der Waals surface area contributed by atoms with E-state index in [1.165, 1.54) is 22.6 Å². The number of sulfonamides is 1. The van der Waals surface area contributed by atoms with Gasteiger partial charge >= 0.3 is 6.18 Å². The average Bonchev–Trinajstić information content (AvgIpc) is 3.41. The van der Waals surface area contributed by atoms with Crippen molar-refractivity contribution in [1.29, 1.82) is 0 Å². The van der Waals surface area contributed by atoms with Gasteiger partial charge in [-0.2, -0.15) is 17.5 Å². The molecule has 6 rings (SSSR count). The van der Waals surface area contributed by atoms with Crippen molar-refractivity contribution in [2.75, 3.05) is 0 Å². The van der Waals surface area contributed by atoms with Crippen molar-refractivity contribution in [3.63, 3.8) is 0 Å². The number of aromatic nitrogens is 3. The number of pyridine rings is 1. The Labute approximate surface area is 218 Å². The summed E-state index contributed by atoms with van der Waals surface area (Å²) in [5, 5.41) is 0. The van der Waals surface area contributed by atoms with Crippen LogP contribution in [0.1, 0.15) is 30.7 Å². The lowest BCUT2D eigenvalue weighted by atomic mass is 9.81. The molecule has 1 saturated carbocycles. The van der Waals surface area contributed by atoms with Gasteiger partial charge in [0, 0.05) is 41.1 Å². The van der Waals surface area contributed by atoms with E-state index in [1.54, 1.807) is 6.07 Å².